The molecular weight excluding hydrogens is 285 g/mol. The number of nitrogens with two attached hydrogens (primary N) is 1. The molecule has 0 bridgehead atoms. The standard InChI is InChI=1S/C15H33NO2.BH3O3/c1-2-3-4-5-6-7-8-9-10-11-12-14(17)15(18)13-16;2-1(3)4/h14-15,17-18H,2-13,16H2,1H3;2-4H. The summed E-state index contributed by atoms with van der Waals surface area (Å²) >= 11 is 0. The van der Waals surface area contributed by atoms with Crippen molar-refractivity contribution in [3.05, 3.63) is 0 Å². The molecule has 0 fully saturated rings. The molecular formula is C15H36BNO5. The van der Waals surface area contributed by atoms with Crippen molar-refractivity contribution < 1.29 is 25.3 Å². The van der Waals surface area contributed by atoms with Crippen LogP contribution in [0, 0.1) is 0 Å². The van der Waals surface area contributed by atoms with Gasteiger partial charge in [-0.05, 0) is 6.42 Å². The zero-order chi connectivity index (χ0) is 17.2. The Balaban J connectivity index is 0. The molecule has 0 aliphatic rings. The van der Waals surface area contributed by atoms with Crippen LogP contribution in [0.3, 0.4) is 0 Å². The molecule has 2 atom stereocenters. The van der Waals surface area contributed by atoms with Crippen LogP contribution in [-0.2, 0) is 0 Å². The van der Waals surface area contributed by atoms with Gasteiger partial charge < -0.3 is 31.0 Å². The SMILES string of the molecule is CCCCCCCCCCCCC(O)C(O)CN.OB(O)O. The first-order valence-corrected chi connectivity index (χ1v) is 8.56. The Hall–Kier alpha value is -0.175. The van der Waals surface area contributed by atoms with Gasteiger partial charge >= 0.3 is 7.32 Å². The number of rotatable bonds is 13. The lowest BCUT2D eigenvalue weighted by atomic mass is 10.0. The Bertz CT molecular complexity index is 208. The molecule has 6 nitrogen and oxygen atoms in total. The first kappa shape index (κ1) is 24.1. The van der Waals surface area contributed by atoms with E-state index in [0.717, 1.165) is 12.8 Å². The van der Waals surface area contributed by atoms with Crippen LogP contribution < -0.4 is 5.73 Å². The van der Waals surface area contributed by atoms with Crippen molar-refractivity contribution in [2.45, 2.75) is 89.8 Å². The van der Waals surface area contributed by atoms with Gasteiger partial charge in [-0.1, -0.05) is 71.1 Å². The smallest absolute Gasteiger partial charge is 0.402 e. The first-order chi connectivity index (χ1) is 10.5. The van der Waals surface area contributed by atoms with Crippen LogP contribution in [0.4, 0.5) is 0 Å². The number of aliphatic hydroxyl groups excluding tert-OH is 2. The van der Waals surface area contributed by atoms with E-state index in [1.54, 1.807) is 0 Å². The van der Waals surface area contributed by atoms with Crippen LogP contribution in [0.25, 0.3) is 0 Å². The van der Waals surface area contributed by atoms with Gasteiger partial charge in [0.05, 0.1) is 12.2 Å². The highest BCUT2D eigenvalue weighted by atomic mass is 16.5. The molecule has 0 spiro atoms. The molecule has 0 aromatic heterocycles. The summed E-state index contributed by atoms with van der Waals surface area (Å²) < 4.78 is 0. The van der Waals surface area contributed by atoms with E-state index in [1.165, 1.54) is 51.4 Å². The summed E-state index contributed by atoms with van der Waals surface area (Å²) in [6, 6.07) is 0. The molecule has 2 unspecified atom stereocenters. The van der Waals surface area contributed by atoms with E-state index >= 15 is 0 Å². The molecule has 0 aliphatic heterocycles. The van der Waals surface area contributed by atoms with Crippen molar-refractivity contribution in [3.8, 4) is 0 Å². The normalized spacial score (nSPS) is 13.2. The van der Waals surface area contributed by atoms with E-state index in [2.05, 4.69) is 6.92 Å². The zero-order valence-electron chi connectivity index (χ0n) is 14.0. The van der Waals surface area contributed by atoms with Crippen LogP contribution in [-0.4, -0.2) is 51.4 Å². The fourth-order valence-corrected chi connectivity index (χ4v) is 2.19. The average molecular weight is 321 g/mol. The van der Waals surface area contributed by atoms with Crippen molar-refractivity contribution in [2.24, 2.45) is 5.73 Å². The van der Waals surface area contributed by atoms with E-state index in [1.807, 2.05) is 0 Å². The van der Waals surface area contributed by atoms with Crippen molar-refractivity contribution in [1.82, 2.24) is 0 Å². The third-order valence-corrected chi connectivity index (χ3v) is 3.54. The molecule has 0 rings (SSSR count). The average Bonchev–Trinajstić information content (AvgIpc) is 2.47. The predicted molar refractivity (Wildman–Crippen MR) is 89.9 cm³/mol. The third-order valence-electron chi connectivity index (χ3n) is 3.54. The molecule has 0 radical (unpaired) electrons. The maximum absolute atomic E-state index is 9.51. The number of hydrogen-bond acceptors (Lipinski definition) is 6. The molecule has 7 N–H and O–H groups in total. The number of aliphatic hydroxyl groups is 2. The summed E-state index contributed by atoms with van der Waals surface area (Å²) in [5.41, 5.74) is 5.28. The second-order valence-electron chi connectivity index (χ2n) is 5.69. The Morgan fingerprint density at radius 2 is 1.09 bits per heavy atom. The molecule has 0 aromatic carbocycles. The monoisotopic (exact) mass is 321 g/mol. The Labute approximate surface area is 135 Å². The fourth-order valence-electron chi connectivity index (χ4n) is 2.19. The summed E-state index contributed by atoms with van der Waals surface area (Å²) in [5, 5.41) is 40.3. The second-order valence-corrected chi connectivity index (χ2v) is 5.69. The Morgan fingerprint density at radius 3 is 1.45 bits per heavy atom. The Morgan fingerprint density at radius 1 is 0.727 bits per heavy atom. The van der Waals surface area contributed by atoms with Crippen molar-refractivity contribution in [1.29, 1.82) is 0 Å². The van der Waals surface area contributed by atoms with Crippen LogP contribution in [0.5, 0.6) is 0 Å². The Kier molecular flexibility index (Phi) is 20.7. The molecule has 0 aromatic rings. The summed E-state index contributed by atoms with van der Waals surface area (Å²) in [7, 11) is -2.17. The van der Waals surface area contributed by atoms with Gasteiger partial charge in [0.15, 0.2) is 0 Å². The zero-order valence-corrected chi connectivity index (χ0v) is 14.0. The topological polar surface area (TPSA) is 127 Å². The van der Waals surface area contributed by atoms with E-state index in [4.69, 9.17) is 20.8 Å². The molecule has 0 saturated heterocycles. The van der Waals surface area contributed by atoms with Gasteiger partial charge in [0, 0.05) is 6.54 Å². The van der Waals surface area contributed by atoms with E-state index < -0.39 is 19.5 Å². The minimum atomic E-state index is -2.17. The molecule has 0 saturated carbocycles. The van der Waals surface area contributed by atoms with Gasteiger partial charge in [0.25, 0.3) is 0 Å². The van der Waals surface area contributed by atoms with Crippen LogP contribution in [0.2, 0.25) is 0 Å². The number of hydrogen-bond donors (Lipinski definition) is 6. The lowest BCUT2D eigenvalue weighted by Gasteiger charge is -2.15. The molecule has 22 heavy (non-hydrogen) atoms. The molecule has 0 aliphatic carbocycles. The highest BCUT2D eigenvalue weighted by Crippen LogP contribution is 2.12. The van der Waals surface area contributed by atoms with Crippen molar-refractivity contribution in [3.63, 3.8) is 0 Å². The lowest BCUT2D eigenvalue weighted by Crippen LogP contribution is -2.32. The molecule has 7 heteroatoms. The minimum absolute atomic E-state index is 0.152. The summed E-state index contributed by atoms with van der Waals surface area (Å²) in [6.07, 6.45) is 12.2. The first-order valence-electron chi connectivity index (χ1n) is 8.56. The van der Waals surface area contributed by atoms with Crippen LogP contribution >= 0.6 is 0 Å². The van der Waals surface area contributed by atoms with Gasteiger partial charge in [-0.15, -0.1) is 0 Å². The molecule has 0 amide bonds. The highest BCUT2D eigenvalue weighted by molar-refractivity contribution is 6.30. The maximum Gasteiger partial charge on any atom is 0.631 e. The highest BCUT2D eigenvalue weighted by Gasteiger charge is 2.13. The van der Waals surface area contributed by atoms with E-state index in [9.17, 15) is 10.2 Å². The minimum Gasteiger partial charge on any atom is -0.402 e. The third kappa shape index (κ3) is 22.1. The molecule has 0 heterocycles. The van der Waals surface area contributed by atoms with Gasteiger partial charge in [0.2, 0.25) is 0 Å². The van der Waals surface area contributed by atoms with Gasteiger partial charge in [-0.3, -0.25) is 0 Å². The molecule has 134 valence electrons. The fraction of sp³-hybridized carbons (Fsp3) is 1.00. The predicted octanol–water partition coefficient (Wildman–Crippen LogP) is 0.926. The van der Waals surface area contributed by atoms with Crippen LogP contribution in [0.15, 0.2) is 0 Å². The summed E-state index contributed by atoms with van der Waals surface area (Å²) in [6.45, 7) is 2.40. The van der Waals surface area contributed by atoms with Gasteiger partial charge in [-0.2, -0.15) is 0 Å². The summed E-state index contributed by atoms with van der Waals surface area (Å²) in [5.74, 6) is 0. The van der Waals surface area contributed by atoms with Crippen LogP contribution in [0.1, 0.15) is 77.6 Å². The number of unbranched alkanes of at least 4 members (excludes halogenated alkanes) is 9. The van der Waals surface area contributed by atoms with Crippen molar-refractivity contribution in [2.75, 3.05) is 6.54 Å². The van der Waals surface area contributed by atoms with Crippen molar-refractivity contribution >= 4 is 7.32 Å². The summed E-state index contributed by atoms with van der Waals surface area (Å²) in [4.78, 5) is 0. The van der Waals surface area contributed by atoms with E-state index in [-0.39, 0.29) is 6.54 Å². The van der Waals surface area contributed by atoms with Gasteiger partial charge in [-0.25, -0.2) is 0 Å². The second kappa shape index (κ2) is 18.9. The lowest BCUT2D eigenvalue weighted by molar-refractivity contribution is 0.0188. The quantitative estimate of drug-likeness (QED) is 0.221. The van der Waals surface area contributed by atoms with E-state index in [0.29, 0.717) is 6.42 Å². The van der Waals surface area contributed by atoms with Gasteiger partial charge in [0.1, 0.15) is 0 Å². The maximum atomic E-state index is 9.51. The largest absolute Gasteiger partial charge is 0.631 e.